The lowest BCUT2D eigenvalue weighted by molar-refractivity contribution is 0.552. The van der Waals surface area contributed by atoms with Crippen molar-refractivity contribution in [2.24, 2.45) is 0 Å². The van der Waals surface area contributed by atoms with Crippen molar-refractivity contribution in [3.8, 4) is 23.7 Å². The second kappa shape index (κ2) is 44.5. The second-order valence-corrected chi connectivity index (χ2v) is 24.9. The number of rotatable bonds is 47. The lowest BCUT2D eigenvalue weighted by Gasteiger charge is -2.25. The van der Waals surface area contributed by atoms with Crippen LogP contribution in [0.1, 0.15) is 314 Å². The van der Waals surface area contributed by atoms with Crippen molar-refractivity contribution in [1.29, 1.82) is 0 Å². The lowest BCUT2D eigenvalue weighted by atomic mass is 10.0. The lowest BCUT2D eigenvalue weighted by Crippen LogP contribution is -2.25. The summed E-state index contributed by atoms with van der Waals surface area (Å²) in [7, 11) is 0. The normalized spacial score (nSPS) is 11.3. The number of anilines is 2. The minimum Gasteiger partial charge on any atom is -0.372 e. The predicted molar refractivity (Wildman–Crippen MR) is 368 cm³/mol. The van der Waals surface area contributed by atoms with Gasteiger partial charge in [-0.1, -0.05) is 283 Å². The number of aromatic nitrogens is 1. The molecule has 83 heavy (non-hydrogen) atoms. The number of hydrogen-bond donors (Lipinski definition) is 0. The number of nitrogens with zero attached hydrogens (tertiary/aromatic N) is 3. The van der Waals surface area contributed by atoms with Gasteiger partial charge in [0.2, 0.25) is 0 Å². The molecule has 5 rings (SSSR count). The van der Waals surface area contributed by atoms with E-state index in [1.54, 1.807) is 0 Å². The van der Waals surface area contributed by atoms with Crippen molar-refractivity contribution in [3.05, 3.63) is 117 Å². The van der Waals surface area contributed by atoms with E-state index in [4.69, 9.17) is 0 Å². The number of aryl methyl sites for hydroxylation is 1. The molecule has 0 aliphatic carbocycles. The Hall–Kier alpha value is -4.93. The highest BCUT2D eigenvalue weighted by Gasteiger charge is 2.14. The molecule has 0 N–H and O–H groups in total. The predicted octanol–water partition coefficient (Wildman–Crippen LogP) is 23.3. The van der Waals surface area contributed by atoms with Crippen LogP contribution in [0.15, 0.2) is 89.7 Å². The molecule has 0 saturated carbocycles. The summed E-state index contributed by atoms with van der Waals surface area (Å²) in [5.41, 5.74) is 8.43. The molecule has 4 nitrogen and oxygen atoms in total. The molecule has 0 bridgehead atoms. The van der Waals surface area contributed by atoms with Gasteiger partial charge in [0.25, 0.3) is 0 Å². The van der Waals surface area contributed by atoms with Crippen molar-refractivity contribution >= 4 is 33.2 Å². The maximum atomic E-state index is 14.7. The smallest absolute Gasteiger partial charge is 0.197 e. The number of benzene rings is 4. The van der Waals surface area contributed by atoms with Gasteiger partial charge >= 0.3 is 0 Å². The zero-order chi connectivity index (χ0) is 58.6. The summed E-state index contributed by atoms with van der Waals surface area (Å²) in [6.45, 7) is 16.9. The summed E-state index contributed by atoms with van der Waals surface area (Å²) in [5, 5.41) is 1.47. The maximum Gasteiger partial charge on any atom is 0.197 e. The third kappa shape index (κ3) is 27.8. The largest absolute Gasteiger partial charge is 0.372 e. The molecule has 0 amide bonds. The van der Waals surface area contributed by atoms with Crippen LogP contribution in [0.3, 0.4) is 0 Å². The van der Waals surface area contributed by atoms with E-state index in [0.717, 1.165) is 83.2 Å². The molecule has 0 spiro atoms. The zero-order valence-electron chi connectivity index (χ0n) is 54.2. The molecule has 4 heteroatoms. The fourth-order valence-electron chi connectivity index (χ4n) is 12.3. The average Bonchev–Trinajstić information content (AvgIpc) is 2.70. The van der Waals surface area contributed by atoms with E-state index in [9.17, 15) is 4.79 Å². The second-order valence-electron chi connectivity index (χ2n) is 24.9. The number of hydrogen-bond acceptors (Lipinski definition) is 3. The molecular formula is C79H119N3O. The number of fused-ring (bicyclic) bond motifs is 2. The standard InChI is InChI=1S/C79H119N3O/c1-6-11-16-21-26-31-36-41-62-80(63-42-37-32-27-22-17-12-7-2)73-56-50-69(51-57-73)46-48-71-54-60-77-75(67-71)79(83)76-68-72(55-61-78(76)82(77)66-45-40-35-30-25-20-15-10-5)49-47-70-52-58-74(59-53-70)81(64-43-38-33-28-23-18-13-8-3)65-44-39-34-29-24-19-14-9-4/h50-61,67-68H,6-45,62-66H2,1-5H3. The first-order valence-electron chi connectivity index (χ1n) is 35.3. The first-order chi connectivity index (χ1) is 41.0. The fourth-order valence-corrected chi connectivity index (χ4v) is 12.3. The average molecular weight is 1130 g/mol. The summed E-state index contributed by atoms with van der Waals surface area (Å²) in [6, 6.07) is 30.6. The molecule has 0 radical (unpaired) electrons. The summed E-state index contributed by atoms with van der Waals surface area (Å²) in [5.74, 6) is 13.9. The highest BCUT2D eigenvalue weighted by molar-refractivity contribution is 5.94. The zero-order valence-corrected chi connectivity index (χ0v) is 54.2. The molecule has 0 saturated heterocycles. The molecule has 1 heterocycles. The third-order valence-corrected chi connectivity index (χ3v) is 17.6. The Balaban J connectivity index is 1.33. The van der Waals surface area contributed by atoms with Crippen LogP contribution in [0, 0.1) is 23.7 Å². The van der Waals surface area contributed by atoms with Gasteiger partial charge in [0.05, 0.1) is 11.0 Å². The minimum absolute atomic E-state index is 0.0596. The summed E-state index contributed by atoms with van der Waals surface area (Å²) in [4.78, 5) is 20.0. The van der Waals surface area contributed by atoms with E-state index in [0.29, 0.717) is 0 Å². The van der Waals surface area contributed by atoms with Gasteiger partial charge in [-0.05, 0) is 117 Å². The van der Waals surface area contributed by atoms with Crippen molar-refractivity contribution in [2.45, 2.75) is 298 Å². The topological polar surface area (TPSA) is 28.5 Å². The van der Waals surface area contributed by atoms with Gasteiger partial charge < -0.3 is 14.4 Å². The monoisotopic (exact) mass is 1130 g/mol. The summed E-state index contributed by atoms with van der Waals surface area (Å²) >= 11 is 0. The Kier molecular flexibility index (Phi) is 36.9. The van der Waals surface area contributed by atoms with Crippen LogP contribution in [0.25, 0.3) is 21.8 Å². The van der Waals surface area contributed by atoms with Crippen molar-refractivity contribution in [3.63, 3.8) is 0 Å². The highest BCUT2D eigenvalue weighted by Crippen LogP contribution is 2.25. The quantitative estimate of drug-likeness (QED) is 0.0221. The van der Waals surface area contributed by atoms with E-state index < -0.39 is 0 Å². The van der Waals surface area contributed by atoms with Crippen LogP contribution in [-0.4, -0.2) is 30.7 Å². The first kappa shape index (κ1) is 68.8. The Labute approximate surface area is 510 Å². The molecule has 0 atom stereocenters. The number of unbranched alkanes of at least 4 members (excludes halogenated alkanes) is 35. The molecule has 0 fully saturated rings. The van der Waals surface area contributed by atoms with Crippen LogP contribution in [-0.2, 0) is 6.54 Å². The third-order valence-electron chi connectivity index (χ3n) is 17.6. The van der Waals surface area contributed by atoms with Crippen molar-refractivity contribution in [1.82, 2.24) is 4.57 Å². The Bertz CT molecular complexity index is 2430. The van der Waals surface area contributed by atoms with Gasteiger partial charge in [-0.3, -0.25) is 4.79 Å². The maximum absolute atomic E-state index is 14.7. The first-order valence-corrected chi connectivity index (χ1v) is 35.3. The van der Waals surface area contributed by atoms with Crippen molar-refractivity contribution < 1.29 is 0 Å². The Morgan fingerprint density at radius 3 is 0.819 bits per heavy atom. The highest BCUT2D eigenvalue weighted by atomic mass is 16.1. The van der Waals surface area contributed by atoms with Gasteiger partial charge in [0.1, 0.15) is 0 Å². The van der Waals surface area contributed by atoms with E-state index in [1.165, 1.54) is 262 Å². The minimum atomic E-state index is 0.0596. The molecule has 0 aliphatic rings. The molecule has 0 aliphatic heterocycles. The Morgan fingerprint density at radius 2 is 0.530 bits per heavy atom. The molecule has 5 aromatic rings. The van der Waals surface area contributed by atoms with Gasteiger partial charge in [0.15, 0.2) is 5.43 Å². The van der Waals surface area contributed by atoms with E-state index in [-0.39, 0.29) is 5.43 Å². The molecule has 4 aromatic carbocycles. The molecular weight excluding hydrogens is 1010 g/mol. The molecule has 1 aromatic heterocycles. The number of pyridine rings is 1. The van der Waals surface area contributed by atoms with Crippen LogP contribution < -0.4 is 15.2 Å². The van der Waals surface area contributed by atoms with Gasteiger partial charge in [-0.2, -0.15) is 0 Å². The fraction of sp³-hybridized carbons (Fsp3) is 0.633. The van der Waals surface area contributed by atoms with Gasteiger partial charge in [-0.15, -0.1) is 0 Å². The summed E-state index contributed by atoms with van der Waals surface area (Å²) < 4.78 is 2.40. The van der Waals surface area contributed by atoms with Crippen LogP contribution in [0.2, 0.25) is 0 Å². The van der Waals surface area contributed by atoms with Gasteiger partial charge in [-0.25, -0.2) is 0 Å². The SMILES string of the molecule is CCCCCCCCCCN(CCCCCCCCCC)c1ccc(C#Cc2ccc3c(c2)c(=O)c2cc(C#Cc4ccc(N(CCCCCCCCCC)CCCCCCCCCC)cc4)ccc2n3CCCCCCCCCC)cc1. The van der Waals surface area contributed by atoms with E-state index >= 15 is 0 Å². The van der Waals surface area contributed by atoms with Crippen molar-refractivity contribution in [2.75, 3.05) is 36.0 Å². The summed E-state index contributed by atoms with van der Waals surface area (Å²) in [6.07, 6.45) is 53.2. The molecule has 0 unspecified atom stereocenters. The van der Waals surface area contributed by atoms with Crippen LogP contribution >= 0.6 is 0 Å². The van der Waals surface area contributed by atoms with Gasteiger partial charge in [0, 0.05) is 77.1 Å². The van der Waals surface area contributed by atoms with Crippen LogP contribution in [0.4, 0.5) is 11.4 Å². The van der Waals surface area contributed by atoms with E-state index in [1.807, 2.05) is 12.1 Å². The van der Waals surface area contributed by atoms with Crippen LogP contribution in [0.5, 0.6) is 0 Å². The van der Waals surface area contributed by atoms with E-state index in [2.05, 4.69) is 145 Å². The Morgan fingerprint density at radius 1 is 0.289 bits per heavy atom. The molecule has 456 valence electrons.